The van der Waals surface area contributed by atoms with E-state index in [1.165, 1.54) is 32.1 Å². The highest BCUT2D eigenvalue weighted by atomic mass is 16.5. The third kappa shape index (κ3) is 5.53. The molecule has 0 aromatic rings. The highest BCUT2D eigenvalue weighted by molar-refractivity contribution is 4.76. The molecule has 0 radical (unpaired) electrons. The Bertz CT molecular complexity index is 159. The summed E-state index contributed by atoms with van der Waals surface area (Å²) in [6.07, 6.45) is 9.08. The van der Waals surface area contributed by atoms with E-state index in [-0.39, 0.29) is 6.04 Å². The quantitative estimate of drug-likeness (QED) is 0.779. The van der Waals surface area contributed by atoms with Crippen molar-refractivity contribution in [2.75, 3.05) is 6.61 Å². The second kappa shape index (κ2) is 7.24. The summed E-state index contributed by atoms with van der Waals surface area (Å²) >= 11 is 0. The molecule has 1 aliphatic carbocycles. The zero-order valence-corrected chi connectivity index (χ0v) is 10.4. The predicted molar refractivity (Wildman–Crippen MR) is 64.9 cm³/mol. The van der Waals surface area contributed by atoms with E-state index in [0.29, 0.717) is 6.10 Å². The molecule has 0 bridgehead atoms. The van der Waals surface area contributed by atoms with Gasteiger partial charge in [-0.25, -0.2) is 0 Å². The van der Waals surface area contributed by atoms with Crippen LogP contribution < -0.4 is 5.73 Å². The second-order valence-corrected chi connectivity index (χ2v) is 5.25. The molecule has 0 heterocycles. The van der Waals surface area contributed by atoms with Gasteiger partial charge < -0.3 is 10.5 Å². The largest absolute Gasteiger partial charge is 0.377 e. The smallest absolute Gasteiger partial charge is 0.0725 e. The maximum atomic E-state index is 6.14. The SMILES string of the molecule is CC(C)CCOC1CCCCCCC1N. The lowest BCUT2D eigenvalue weighted by Crippen LogP contribution is -2.37. The van der Waals surface area contributed by atoms with Gasteiger partial charge in [0.15, 0.2) is 0 Å². The zero-order chi connectivity index (χ0) is 11.1. The van der Waals surface area contributed by atoms with E-state index in [9.17, 15) is 0 Å². The summed E-state index contributed by atoms with van der Waals surface area (Å²) in [6, 6.07) is 0.275. The molecule has 0 aromatic heterocycles. The molecule has 0 aromatic carbocycles. The normalized spacial score (nSPS) is 28.8. The van der Waals surface area contributed by atoms with Crippen LogP contribution in [0.3, 0.4) is 0 Å². The Balaban J connectivity index is 2.22. The molecule has 0 amide bonds. The fraction of sp³-hybridized carbons (Fsp3) is 1.00. The summed E-state index contributed by atoms with van der Waals surface area (Å²) in [6.45, 7) is 5.36. The minimum atomic E-state index is 0.275. The van der Waals surface area contributed by atoms with Gasteiger partial charge in [-0.2, -0.15) is 0 Å². The monoisotopic (exact) mass is 213 g/mol. The fourth-order valence-corrected chi connectivity index (χ4v) is 2.14. The molecule has 2 heteroatoms. The van der Waals surface area contributed by atoms with E-state index in [4.69, 9.17) is 10.5 Å². The van der Waals surface area contributed by atoms with Crippen molar-refractivity contribution in [3.05, 3.63) is 0 Å². The van der Waals surface area contributed by atoms with Gasteiger partial charge in [-0.3, -0.25) is 0 Å². The Hall–Kier alpha value is -0.0800. The van der Waals surface area contributed by atoms with Gasteiger partial charge in [0.05, 0.1) is 6.10 Å². The standard InChI is InChI=1S/C13H27NO/c1-11(2)9-10-15-13-8-6-4-3-5-7-12(13)14/h11-13H,3-10,14H2,1-2H3. The number of hydrogen-bond donors (Lipinski definition) is 1. The van der Waals surface area contributed by atoms with Crippen LogP contribution in [0.15, 0.2) is 0 Å². The molecule has 2 unspecified atom stereocenters. The Labute approximate surface area is 94.6 Å². The molecule has 90 valence electrons. The van der Waals surface area contributed by atoms with Gasteiger partial charge in [-0.15, -0.1) is 0 Å². The molecular weight excluding hydrogens is 186 g/mol. The zero-order valence-electron chi connectivity index (χ0n) is 10.4. The molecule has 0 saturated heterocycles. The molecule has 1 saturated carbocycles. The molecule has 1 rings (SSSR count). The molecule has 1 aliphatic rings. The third-order valence-electron chi connectivity index (χ3n) is 3.28. The van der Waals surface area contributed by atoms with E-state index in [2.05, 4.69) is 13.8 Å². The Kier molecular flexibility index (Phi) is 6.26. The van der Waals surface area contributed by atoms with Gasteiger partial charge in [0, 0.05) is 12.6 Å². The lowest BCUT2D eigenvalue weighted by molar-refractivity contribution is 0.0176. The first kappa shape index (κ1) is 13.0. The third-order valence-corrected chi connectivity index (χ3v) is 3.28. The minimum Gasteiger partial charge on any atom is -0.377 e. The predicted octanol–water partition coefficient (Wildman–Crippen LogP) is 3.10. The van der Waals surface area contributed by atoms with Crippen molar-refractivity contribution in [2.24, 2.45) is 11.7 Å². The summed E-state index contributed by atoms with van der Waals surface area (Å²) in [5, 5.41) is 0. The number of rotatable bonds is 4. The lowest BCUT2D eigenvalue weighted by Gasteiger charge is -2.26. The average molecular weight is 213 g/mol. The lowest BCUT2D eigenvalue weighted by atomic mass is 9.95. The maximum Gasteiger partial charge on any atom is 0.0725 e. The molecule has 0 spiro atoms. The fourth-order valence-electron chi connectivity index (χ4n) is 2.14. The van der Waals surface area contributed by atoms with Crippen LogP contribution >= 0.6 is 0 Å². The first-order valence-electron chi connectivity index (χ1n) is 6.57. The Morgan fingerprint density at radius 2 is 1.80 bits per heavy atom. The second-order valence-electron chi connectivity index (χ2n) is 5.25. The van der Waals surface area contributed by atoms with Gasteiger partial charge >= 0.3 is 0 Å². The van der Waals surface area contributed by atoms with E-state index >= 15 is 0 Å². The van der Waals surface area contributed by atoms with Crippen molar-refractivity contribution in [3.63, 3.8) is 0 Å². The molecule has 0 aliphatic heterocycles. The van der Waals surface area contributed by atoms with Crippen LogP contribution in [0, 0.1) is 5.92 Å². The van der Waals surface area contributed by atoms with Gasteiger partial charge in [-0.05, 0) is 25.2 Å². The van der Waals surface area contributed by atoms with Crippen LogP contribution in [0.5, 0.6) is 0 Å². The minimum absolute atomic E-state index is 0.275. The summed E-state index contributed by atoms with van der Waals surface area (Å²) < 4.78 is 5.92. The molecule has 1 fully saturated rings. The van der Waals surface area contributed by atoms with E-state index in [0.717, 1.165) is 25.4 Å². The van der Waals surface area contributed by atoms with Gasteiger partial charge in [0.2, 0.25) is 0 Å². The van der Waals surface area contributed by atoms with Crippen LogP contribution in [-0.4, -0.2) is 18.8 Å². The first-order chi connectivity index (χ1) is 7.20. The number of ether oxygens (including phenoxy) is 1. The van der Waals surface area contributed by atoms with Crippen LogP contribution in [0.4, 0.5) is 0 Å². The van der Waals surface area contributed by atoms with Gasteiger partial charge in [0.1, 0.15) is 0 Å². The van der Waals surface area contributed by atoms with Crippen LogP contribution in [0.1, 0.15) is 58.8 Å². The van der Waals surface area contributed by atoms with Crippen molar-refractivity contribution in [3.8, 4) is 0 Å². The van der Waals surface area contributed by atoms with Gasteiger partial charge in [0.25, 0.3) is 0 Å². The molecular formula is C13H27NO. The topological polar surface area (TPSA) is 35.2 Å². The van der Waals surface area contributed by atoms with Crippen LogP contribution in [0.2, 0.25) is 0 Å². The first-order valence-corrected chi connectivity index (χ1v) is 6.57. The highest BCUT2D eigenvalue weighted by Gasteiger charge is 2.19. The average Bonchev–Trinajstić information content (AvgIpc) is 2.16. The van der Waals surface area contributed by atoms with Crippen molar-refractivity contribution in [1.29, 1.82) is 0 Å². The van der Waals surface area contributed by atoms with E-state index in [1.807, 2.05) is 0 Å². The van der Waals surface area contributed by atoms with Crippen LogP contribution in [0.25, 0.3) is 0 Å². The van der Waals surface area contributed by atoms with Crippen molar-refractivity contribution < 1.29 is 4.74 Å². The summed E-state index contributed by atoms with van der Waals surface area (Å²) in [4.78, 5) is 0. The van der Waals surface area contributed by atoms with E-state index < -0.39 is 0 Å². The maximum absolute atomic E-state index is 6.14. The number of hydrogen-bond acceptors (Lipinski definition) is 2. The molecule has 2 atom stereocenters. The highest BCUT2D eigenvalue weighted by Crippen LogP contribution is 2.19. The number of nitrogens with two attached hydrogens (primary N) is 1. The molecule has 15 heavy (non-hydrogen) atoms. The summed E-state index contributed by atoms with van der Waals surface area (Å²) in [5.74, 6) is 0.731. The van der Waals surface area contributed by atoms with Crippen molar-refractivity contribution in [2.45, 2.75) is 70.9 Å². The van der Waals surface area contributed by atoms with Crippen molar-refractivity contribution in [1.82, 2.24) is 0 Å². The Morgan fingerprint density at radius 1 is 1.13 bits per heavy atom. The van der Waals surface area contributed by atoms with Crippen molar-refractivity contribution >= 4 is 0 Å². The van der Waals surface area contributed by atoms with Gasteiger partial charge in [-0.1, -0.05) is 39.5 Å². The Morgan fingerprint density at radius 3 is 2.47 bits per heavy atom. The van der Waals surface area contributed by atoms with Crippen LogP contribution in [-0.2, 0) is 4.74 Å². The molecule has 2 N–H and O–H groups in total. The molecule has 2 nitrogen and oxygen atoms in total. The summed E-state index contributed by atoms with van der Waals surface area (Å²) in [5.41, 5.74) is 6.14. The van der Waals surface area contributed by atoms with E-state index in [1.54, 1.807) is 0 Å². The summed E-state index contributed by atoms with van der Waals surface area (Å²) in [7, 11) is 0.